The summed E-state index contributed by atoms with van der Waals surface area (Å²) in [4.78, 5) is 4.39. The topological polar surface area (TPSA) is 74.2 Å². The van der Waals surface area contributed by atoms with Crippen LogP contribution in [0.4, 0.5) is 0 Å². The molecule has 0 aliphatic rings. The normalized spacial score (nSPS) is 13.8. The maximum atomic E-state index is 5.59. The number of hydrogen-bond acceptors (Lipinski definition) is 5. The molecule has 0 fully saturated rings. The van der Waals surface area contributed by atoms with Gasteiger partial charge in [0.15, 0.2) is 0 Å². The predicted molar refractivity (Wildman–Crippen MR) is 70.1 cm³/mol. The average Bonchev–Trinajstić information content (AvgIpc) is 2.84. The SMILES string of the molecule is CCC(CCN)CCc1nc(C(C)(C)OC)no1. The molecule has 0 aliphatic heterocycles. The number of aryl methyl sites for hydroxylation is 1. The first-order valence-corrected chi connectivity index (χ1v) is 6.61. The van der Waals surface area contributed by atoms with E-state index in [9.17, 15) is 0 Å². The van der Waals surface area contributed by atoms with Crippen molar-refractivity contribution in [3.8, 4) is 0 Å². The predicted octanol–water partition coefficient (Wildman–Crippen LogP) is 2.26. The highest BCUT2D eigenvalue weighted by Crippen LogP contribution is 2.21. The van der Waals surface area contributed by atoms with Crippen LogP contribution in [0.15, 0.2) is 4.52 Å². The molecule has 0 saturated carbocycles. The number of ether oxygens (including phenoxy) is 1. The summed E-state index contributed by atoms with van der Waals surface area (Å²) in [6.07, 6.45) is 4.05. The van der Waals surface area contributed by atoms with Crippen LogP contribution in [0.3, 0.4) is 0 Å². The maximum Gasteiger partial charge on any atom is 0.226 e. The Morgan fingerprint density at radius 2 is 2.11 bits per heavy atom. The van der Waals surface area contributed by atoms with Crippen LogP contribution in [-0.2, 0) is 16.8 Å². The highest BCUT2D eigenvalue weighted by molar-refractivity contribution is 4.97. The van der Waals surface area contributed by atoms with Gasteiger partial charge in [0, 0.05) is 13.5 Å². The number of hydrogen-bond donors (Lipinski definition) is 1. The smallest absolute Gasteiger partial charge is 0.226 e. The molecule has 0 saturated heterocycles. The van der Waals surface area contributed by atoms with E-state index in [-0.39, 0.29) is 0 Å². The van der Waals surface area contributed by atoms with E-state index in [0.29, 0.717) is 17.6 Å². The Balaban J connectivity index is 2.54. The van der Waals surface area contributed by atoms with E-state index < -0.39 is 5.60 Å². The fraction of sp³-hybridized carbons (Fsp3) is 0.846. The number of nitrogens with two attached hydrogens (primary N) is 1. The van der Waals surface area contributed by atoms with E-state index in [2.05, 4.69) is 17.1 Å². The van der Waals surface area contributed by atoms with Gasteiger partial charge in [-0.1, -0.05) is 18.5 Å². The molecule has 1 rings (SSSR count). The second kappa shape index (κ2) is 6.85. The van der Waals surface area contributed by atoms with Gasteiger partial charge in [-0.05, 0) is 39.2 Å². The Bertz CT molecular complexity index is 350. The molecule has 0 spiro atoms. The minimum atomic E-state index is -0.497. The van der Waals surface area contributed by atoms with E-state index in [0.717, 1.165) is 32.2 Å². The van der Waals surface area contributed by atoms with Gasteiger partial charge in [-0.25, -0.2) is 0 Å². The van der Waals surface area contributed by atoms with Gasteiger partial charge in [-0.15, -0.1) is 0 Å². The zero-order chi connectivity index (χ0) is 13.6. The minimum Gasteiger partial charge on any atom is -0.371 e. The summed E-state index contributed by atoms with van der Waals surface area (Å²) in [6, 6.07) is 0. The molecule has 104 valence electrons. The summed E-state index contributed by atoms with van der Waals surface area (Å²) in [5, 5.41) is 3.97. The summed E-state index contributed by atoms with van der Waals surface area (Å²) in [6.45, 7) is 6.77. The molecule has 0 radical (unpaired) electrons. The lowest BCUT2D eigenvalue weighted by Crippen LogP contribution is -2.21. The fourth-order valence-electron chi connectivity index (χ4n) is 1.81. The van der Waals surface area contributed by atoms with E-state index in [1.54, 1.807) is 7.11 Å². The zero-order valence-corrected chi connectivity index (χ0v) is 11.9. The Kier molecular flexibility index (Phi) is 5.75. The quantitative estimate of drug-likeness (QED) is 0.771. The van der Waals surface area contributed by atoms with Crippen molar-refractivity contribution in [1.29, 1.82) is 0 Å². The number of rotatable bonds is 8. The summed E-state index contributed by atoms with van der Waals surface area (Å²) >= 11 is 0. The zero-order valence-electron chi connectivity index (χ0n) is 11.9. The highest BCUT2D eigenvalue weighted by atomic mass is 16.5. The van der Waals surface area contributed by atoms with Crippen molar-refractivity contribution in [1.82, 2.24) is 10.1 Å². The number of methoxy groups -OCH3 is 1. The lowest BCUT2D eigenvalue weighted by Gasteiger charge is -2.17. The molecule has 1 atom stereocenters. The Morgan fingerprint density at radius 3 is 2.67 bits per heavy atom. The monoisotopic (exact) mass is 255 g/mol. The van der Waals surface area contributed by atoms with Crippen LogP contribution in [-0.4, -0.2) is 23.8 Å². The van der Waals surface area contributed by atoms with Crippen LogP contribution in [0, 0.1) is 5.92 Å². The molecule has 0 bridgehead atoms. The van der Waals surface area contributed by atoms with E-state index in [4.69, 9.17) is 15.0 Å². The van der Waals surface area contributed by atoms with Crippen molar-refractivity contribution in [2.75, 3.05) is 13.7 Å². The van der Waals surface area contributed by atoms with Crippen molar-refractivity contribution in [2.24, 2.45) is 11.7 Å². The van der Waals surface area contributed by atoms with Gasteiger partial charge in [0.25, 0.3) is 0 Å². The van der Waals surface area contributed by atoms with Gasteiger partial charge >= 0.3 is 0 Å². The summed E-state index contributed by atoms with van der Waals surface area (Å²) in [5.41, 5.74) is 5.09. The van der Waals surface area contributed by atoms with Crippen LogP contribution < -0.4 is 5.73 Å². The van der Waals surface area contributed by atoms with Gasteiger partial charge in [-0.2, -0.15) is 4.98 Å². The van der Waals surface area contributed by atoms with Crippen molar-refractivity contribution >= 4 is 0 Å². The van der Waals surface area contributed by atoms with E-state index in [1.165, 1.54) is 0 Å². The second-order valence-electron chi connectivity index (χ2n) is 5.12. The van der Waals surface area contributed by atoms with Gasteiger partial charge < -0.3 is 15.0 Å². The molecule has 5 heteroatoms. The molecule has 5 nitrogen and oxygen atoms in total. The van der Waals surface area contributed by atoms with E-state index >= 15 is 0 Å². The molecule has 18 heavy (non-hydrogen) atoms. The van der Waals surface area contributed by atoms with Crippen LogP contribution >= 0.6 is 0 Å². The molecule has 0 aliphatic carbocycles. The van der Waals surface area contributed by atoms with Gasteiger partial charge in [0.1, 0.15) is 5.60 Å². The molecule has 1 aromatic rings. The Labute approximate surface area is 109 Å². The molecule has 0 amide bonds. The summed E-state index contributed by atoms with van der Waals surface area (Å²) < 4.78 is 10.6. The van der Waals surface area contributed by atoms with Crippen LogP contribution in [0.5, 0.6) is 0 Å². The molecular formula is C13H25N3O2. The maximum absolute atomic E-state index is 5.59. The van der Waals surface area contributed by atoms with Crippen molar-refractivity contribution in [3.05, 3.63) is 11.7 Å². The molecule has 1 unspecified atom stereocenters. The largest absolute Gasteiger partial charge is 0.371 e. The minimum absolute atomic E-state index is 0.497. The Morgan fingerprint density at radius 1 is 1.39 bits per heavy atom. The van der Waals surface area contributed by atoms with Gasteiger partial charge in [0.05, 0.1) is 0 Å². The first kappa shape index (κ1) is 15.1. The molecule has 0 aromatic carbocycles. The first-order chi connectivity index (χ1) is 8.53. The van der Waals surface area contributed by atoms with Crippen LogP contribution in [0.2, 0.25) is 0 Å². The lowest BCUT2D eigenvalue weighted by atomic mass is 9.97. The van der Waals surface area contributed by atoms with Crippen molar-refractivity contribution in [2.45, 2.75) is 52.1 Å². The summed E-state index contributed by atoms with van der Waals surface area (Å²) in [7, 11) is 1.64. The van der Waals surface area contributed by atoms with Crippen molar-refractivity contribution in [3.63, 3.8) is 0 Å². The standard InChI is InChI=1S/C13H25N3O2/c1-5-10(8-9-14)6-7-11-15-12(16-18-11)13(2,3)17-4/h10H,5-9,14H2,1-4H3. The van der Waals surface area contributed by atoms with E-state index in [1.807, 2.05) is 13.8 Å². The third-order valence-corrected chi connectivity index (χ3v) is 3.44. The first-order valence-electron chi connectivity index (χ1n) is 6.61. The van der Waals surface area contributed by atoms with Crippen LogP contribution in [0.25, 0.3) is 0 Å². The van der Waals surface area contributed by atoms with Gasteiger partial charge in [-0.3, -0.25) is 0 Å². The third kappa shape index (κ3) is 4.07. The molecule has 1 heterocycles. The molecular weight excluding hydrogens is 230 g/mol. The van der Waals surface area contributed by atoms with Crippen molar-refractivity contribution < 1.29 is 9.26 Å². The average molecular weight is 255 g/mol. The Hall–Kier alpha value is -0.940. The highest BCUT2D eigenvalue weighted by Gasteiger charge is 2.26. The molecule has 1 aromatic heterocycles. The molecule has 2 N–H and O–H groups in total. The fourth-order valence-corrected chi connectivity index (χ4v) is 1.81. The van der Waals surface area contributed by atoms with Crippen LogP contribution in [0.1, 0.15) is 51.7 Å². The number of nitrogens with zero attached hydrogens (tertiary/aromatic N) is 2. The lowest BCUT2D eigenvalue weighted by molar-refractivity contribution is 0.00973. The number of aromatic nitrogens is 2. The van der Waals surface area contributed by atoms with Gasteiger partial charge in [0.2, 0.25) is 11.7 Å². The second-order valence-corrected chi connectivity index (χ2v) is 5.12. The third-order valence-electron chi connectivity index (χ3n) is 3.44. The summed E-state index contributed by atoms with van der Waals surface area (Å²) in [5.74, 6) is 1.93.